The van der Waals surface area contributed by atoms with Crippen LogP contribution < -0.4 is 5.46 Å². The topological polar surface area (TPSA) is 66.2 Å². The normalized spacial score (nSPS) is 10.7. The van der Waals surface area contributed by atoms with Gasteiger partial charge < -0.3 is 10.0 Å². The monoisotopic (exact) mass is 428 g/mol. The molecule has 0 spiro atoms. The van der Waals surface area contributed by atoms with Crippen LogP contribution in [0.25, 0.3) is 45.0 Å². The average Bonchev–Trinajstić information content (AvgIpc) is 2.89. The molecule has 0 radical (unpaired) electrons. The molecule has 0 aliphatic rings. The zero-order valence-corrected chi connectivity index (χ0v) is 17.8. The standard InChI is InChI=1S/C28H21BN2O2/c32-29(33)25-16-8-14-23(18-25)22-13-7-15-24(17-22)28-30-26(20-9-3-1-4-10-20)19-27(31-28)21-11-5-2-6-12-21/h1-19,32-33H. The first-order valence-electron chi connectivity index (χ1n) is 10.7. The molecule has 0 saturated carbocycles. The van der Waals surface area contributed by atoms with Crippen LogP contribution in [0.5, 0.6) is 0 Å². The van der Waals surface area contributed by atoms with E-state index in [0.29, 0.717) is 11.3 Å². The molecule has 0 fully saturated rings. The van der Waals surface area contributed by atoms with Crippen LogP contribution in [-0.2, 0) is 0 Å². The minimum Gasteiger partial charge on any atom is -0.423 e. The van der Waals surface area contributed by atoms with E-state index < -0.39 is 7.12 Å². The van der Waals surface area contributed by atoms with Gasteiger partial charge in [0.1, 0.15) is 0 Å². The van der Waals surface area contributed by atoms with Gasteiger partial charge in [0.2, 0.25) is 0 Å². The second kappa shape index (κ2) is 9.21. The van der Waals surface area contributed by atoms with Gasteiger partial charge in [0.05, 0.1) is 11.4 Å². The summed E-state index contributed by atoms with van der Waals surface area (Å²) < 4.78 is 0. The minimum atomic E-state index is -1.51. The summed E-state index contributed by atoms with van der Waals surface area (Å²) >= 11 is 0. The van der Waals surface area contributed by atoms with Crippen molar-refractivity contribution in [2.75, 3.05) is 0 Å². The molecule has 5 aromatic rings. The molecule has 33 heavy (non-hydrogen) atoms. The molecule has 1 aromatic heterocycles. The summed E-state index contributed by atoms with van der Waals surface area (Å²) in [5.74, 6) is 0.635. The summed E-state index contributed by atoms with van der Waals surface area (Å²) in [6.45, 7) is 0. The highest BCUT2D eigenvalue weighted by Gasteiger charge is 2.13. The van der Waals surface area contributed by atoms with Crippen molar-refractivity contribution in [3.8, 4) is 45.0 Å². The van der Waals surface area contributed by atoms with Gasteiger partial charge in [0.25, 0.3) is 0 Å². The van der Waals surface area contributed by atoms with E-state index in [2.05, 4.69) is 0 Å². The van der Waals surface area contributed by atoms with Gasteiger partial charge >= 0.3 is 7.12 Å². The predicted octanol–water partition coefficient (Wildman–Crippen LogP) is 4.82. The van der Waals surface area contributed by atoms with E-state index in [1.807, 2.05) is 103 Å². The van der Waals surface area contributed by atoms with E-state index >= 15 is 0 Å². The highest BCUT2D eigenvalue weighted by Crippen LogP contribution is 2.29. The average molecular weight is 428 g/mol. The van der Waals surface area contributed by atoms with E-state index in [0.717, 1.165) is 39.2 Å². The Morgan fingerprint density at radius 1 is 0.455 bits per heavy atom. The molecule has 0 saturated heterocycles. The van der Waals surface area contributed by atoms with Gasteiger partial charge in [-0.25, -0.2) is 9.97 Å². The zero-order chi connectivity index (χ0) is 22.6. The molecule has 0 amide bonds. The Bertz CT molecular complexity index is 1330. The van der Waals surface area contributed by atoms with Crippen molar-refractivity contribution in [2.45, 2.75) is 0 Å². The summed E-state index contributed by atoms with van der Waals surface area (Å²) in [6, 6.07) is 37.4. The minimum absolute atomic E-state index is 0.451. The van der Waals surface area contributed by atoms with Gasteiger partial charge in [-0.05, 0) is 28.7 Å². The van der Waals surface area contributed by atoms with Crippen LogP contribution in [0.2, 0.25) is 0 Å². The van der Waals surface area contributed by atoms with Crippen molar-refractivity contribution in [3.05, 3.63) is 115 Å². The van der Waals surface area contributed by atoms with Gasteiger partial charge in [-0.15, -0.1) is 0 Å². The predicted molar refractivity (Wildman–Crippen MR) is 134 cm³/mol. The van der Waals surface area contributed by atoms with E-state index in [1.165, 1.54) is 0 Å². The molecular formula is C28H21BN2O2. The van der Waals surface area contributed by atoms with Crippen LogP contribution in [0.4, 0.5) is 0 Å². The number of hydrogen-bond acceptors (Lipinski definition) is 4. The van der Waals surface area contributed by atoms with Crippen molar-refractivity contribution in [1.29, 1.82) is 0 Å². The van der Waals surface area contributed by atoms with E-state index in [4.69, 9.17) is 9.97 Å². The molecule has 0 unspecified atom stereocenters. The maximum atomic E-state index is 9.54. The van der Waals surface area contributed by atoms with Crippen LogP contribution in [0.1, 0.15) is 0 Å². The third kappa shape index (κ3) is 4.60. The number of nitrogens with zero attached hydrogens (tertiary/aromatic N) is 2. The van der Waals surface area contributed by atoms with Crippen molar-refractivity contribution < 1.29 is 10.0 Å². The quantitative estimate of drug-likeness (QED) is 0.394. The highest BCUT2D eigenvalue weighted by atomic mass is 16.4. The zero-order valence-electron chi connectivity index (χ0n) is 17.8. The molecule has 2 N–H and O–H groups in total. The summed E-state index contributed by atoms with van der Waals surface area (Å²) in [6.07, 6.45) is 0. The van der Waals surface area contributed by atoms with Crippen molar-refractivity contribution >= 4 is 12.6 Å². The van der Waals surface area contributed by atoms with Crippen molar-refractivity contribution in [3.63, 3.8) is 0 Å². The van der Waals surface area contributed by atoms with E-state index in [1.54, 1.807) is 12.1 Å². The fraction of sp³-hybridized carbons (Fsp3) is 0. The molecule has 1 heterocycles. The second-order valence-corrected chi connectivity index (χ2v) is 7.77. The Balaban J connectivity index is 1.63. The molecule has 5 heteroatoms. The Morgan fingerprint density at radius 3 is 1.52 bits per heavy atom. The Kier molecular flexibility index (Phi) is 5.81. The van der Waals surface area contributed by atoms with Crippen LogP contribution in [0, 0.1) is 0 Å². The Hall–Kier alpha value is -4.06. The number of rotatable bonds is 5. The number of hydrogen-bond donors (Lipinski definition) is 2. The van der Waals surface area contributed by atoms with Crippen LogP contribution >= 0.6 is 0 Å². The van der Waals surface area contributed by atoms with Crippen LogP contribution in [0.3, 0.4) is 0 Å². The first-order valence-corrected chi connectivity index (χ1v) is 10.7. The summed E-state index contributed by atoms with van der Waals surface area (Å²) in [5, 5.41) is 19.1. The summed E-state index contributed by atoms with van der Waals surface area (Å²) in [4.78, 5) is 9.78. The van der Waals surface area contributed by atoms with Gasteiger partial charge in [-0.1, -0.05) is 103 Å². The summed E-state index contributed by atoms with van der Waals surface area (Å²) in [7, 11) is -1.51. The molecule has 4 nitrogen and oxygen atoms in total. The number of aromatic nitrogens is 2. The Labute approximate surface area is 193 Å². The van der Waals surface area contributed by atoms with Gasteiger partial charge in [-0.2, -0.15) is 0 Å². The van der Waals surface area contributed by atoms with Gasteiger partial charge in [-0.3, -0.25) is 0 Å². The lowest BCUT2D eigenvalue weighted by atomic mass is 9.79. The number of benzene rings is 4. The van der Waals surface area contributed by atoms with Crippen molar-refractivity contribution in [1.82, 2.24) is 9.97 Å². The smallest absolute Gasteiger partial charge is 0.423 e. The SMILES string of the molecule is OB(O)c1cccc(-c2cccc(-c3nc(-c4ccccc4)cc(-c4ccccc4)n3)c2)c1. The van der Waals surface area contributed by atoms with Crippen molar-refractivity contribution in [2.24, 2.45) is 0 Å². The largest absolute Gasteiger partial charge is 0.488 e. The molecule has 0 bridgehead atoms. The molecule has 0 atom stereocenters. The lowest BCUT2D eigenvalue weighted by Crippen LogP contribution is -2.29. The lowest BCUT2D eigenvalue weighted by Gasteiger charge is -2.11. The third-order valence-electron chi connectivity index (χ3n) is 5.50. The fourth-order valence-electron chi connectivity index (χ4n) is 3.81. The first-order chi connectivity index (χ1) is 16.2. The first kappa shape index (κ1) is 20.8. The van der Waals surface area contributed by atoms with E-state index in [-0.39, 0.29) is 0 Å². The van der Waals surface area contributed by atoms with Crippen LogP contribution in [-0.4, -0.2) is 27.1 Å². The molecule has 0 aliphatic heterocycles. The maximum Gasteiger partial charge on any atom is 0.488 e. The molecule has 4 aromatic carbocycles. The highest BCUT2D eigenvalue weighted by molar-refractivity contribution is 6.58. The molecule has 5 rings (SSSR count). The van der Waals surface area contributed by atoms with E-state index in [9.17, 15) is 10.0 Å². The lowest BCUT2D eigenvalue weighted by molar-refractivity contribution is 0.426. The van der Waals surface area contributed by atoms with Crippen LogP contribution in [0.15, 0.2) is 115 Å². The third-order valence-corrected chi connectivity index (χ3v) is 5.50. The van der Waals surface area contributed by atoms with Gasteiger partial charge in [0.15, 0.2) is 5.82 Å². The molecule has 0 aliphatic carbocycles. The maximum absolute atomic E-state index is 9.54. The fourth-order valence-corrected chi connectivity index (χ4v) is 3.81. The summed E-state index contributed by atoms with van der Waals surface area (Å²) in [5.41, 5.74) is 6.95. The molecule has 158 valence electrons. The Morgan fingerprint density at radius 2 is 0.939 bits per heavy atom. The van der Waals surface area contributed by atoms with Gasteiger partial charge in [0, 0.05) is 16.7 Å². The molecular weight excluding hydrogens is 407 g/mol. The second-order valence-electron chi connectivity index (χ2n) is 7.77.